The molecule has 4 nitrogen and oxygen atoms in total. The summed E-state index contributed by atoms with van der Waals surface area (Å²) in [7, 11) is -3.33. The van der Waals surface area contributed by atoms with E-state index in [1.54, 1.807) is 6.07 Å². The van der Waals surface area contributed by atoms with Crippen LogP contribution in [-0.4, -0.2) is 21.0 Å². The molecule has 18 heavy (non-hydrogen) atoms. The van der Waals surface area contributed by atoms with Crippen molar-refractivity contribution < 1.29 is 8.42 Å². The van der Waals surface area contributed by atoms with Crippen molar-refractivity contribution in [3.05, 3.63) is 23.8 Å². The highest BCUT2D eigenvalue weighted by Crippen LogP contribution is 2.26. The number of hydrogen-bond donors (Lipinski definition) is 2. The maximum Gasteiger partial charge on any atom is 0.240 e. The zero-order valence-corrected chi connectivity index (χ0v) is 11.1. The molecular weight excluding hydrogens is 248 g/mol. The molecule has 0 aromatic heterocycles. The van der Waals surface area contributed by atoms with Crippen LogP contribution in [0, 0.1) is 0 Å². The number of fused-ring (bicyclic) bond motifs is 1. The molecule has 1 fully saturated rings. The second kappa shape index (κ2) is 4.55. The SMILES string of the molecule is O=S(=O)(NC1CCC1)c1ccc2c(c1)CCCN2. The molecule has 0 bridgehead atoms. The van der Waals surface area contributed by atoms with E-state index >= 15 is 0 Å². The van der Waals surface area contributed by atoms with Gasteiger partial charge < -0.3 is 5.32 Å². The smallest absolute Gasteiger partial charge is 0.240 e. The Balaban J connectivity index is 1.86. The lowest BCUT2D eigenvalue weighted by Crippen LogP contribution is -2.39. The number of benzene rings is 1. The zero-order chi connectivity index (χ0) is 12.6. The Morgan fingerprint density at radius 3 is 2.78 bits per heavy atom. The number of nitrogens with one attached hydrogen (secondary N) is 2. The van der Waals surface area contributed by atoms with E-state index in [2.05, 4.69) is 10.0 Å². The molecule has 2 aliphatic rings. The Kier molecular flexibility index (Phi) is 3.03. The van der Waals surface area contributed by atoms with E-state index < -0.39 is 10.0 Å². The van der Waals surface area contributed by atoms with E-state index in [1.165, 1.54) is 0 Å². The van der Waals surface area contributed by atoms with E-state index in [4.69, 9.17) is 0 Å². The van der Waals surface area contributed by atoms with Crippen LogP contribution < -0.4 is 10.0 Å². The summed E-state index contributed by atoms with van der Waals surface area (Å²) in [5.41, 5.74) is 2.18. The third-order valence-corrected chi connectivity index (χ3v) is 5.27. The van der Waals surface area contributed by atoms with Crippen LogP contribution in [0.1, 0.15) is 31.2 Å². The molecule has 0 saturated heterocycles. The Morgan fingerprint density at radius 1 is 1.22 bits per heavy atom. The molecule has 1 aliphatic carbocycles. The summed E-state index contributed by atoms with van der Waals surface area (Å²) < 4.78 is 27.1. The summed E-state index contributed by atoms with van der Waals surface area (Å²) in [4.78, 5) is 0.400. The maximum atomic E-state index is 12.2. The third kappa shape index (κ3) is 2.24. The van der Waals surface area contributed by atoms with Gasteiger partial charge in [0.2, 0.25) is 10.0 Å². The predicted molar refractivity (Wildman–Crippen MR) is 71.2 cm³/mol. The van der Waals surface area contributed by atoms with Crippen LogP contribution in [0.3, 0.4) is 0 Å². The fourth-order valence-corrected chi connectivity index (χ4v) is 3.79. The van der Waals surface area contributed by atoms with Crippen LogP contribution in [0.4, 0.5) is 5.69 Å². The largest absolute Gasteiger partial charge is 0.385 e. The molecule has 0 spiro atoms. The van der Waals surface area contributed by atoms with E-state index in [0.29, 0.717) is 4.90 Å². The topological polar surface area (TPSA) is 58.2 Å². The molecular formula is C13H18N2O2S. The first-order valence-electron chi connectivity index (χ1n) is 6.54. The number of aryl methyl sites for hydroxylation is 1. The number of sulfonamides is 1. The average molecular weight is 266 g/mol. The molecule has 5 heteroatoms. The van der Waals surface area contributed by atoms with Gasteiger partial charge in [0.15, 0.2) is 0 Å². The van der Waals surface area contributed by atoms with Gasteiger partial charge in [-0.15, -0.1) is 0 Å². The van der Waals surface area contributed by atoms with Crippen LogP contribution in [0.5, 0.6) is 0 Å². The molecule has 1 saturated carbocycles. The minimum atomic E-state index is -3.33. The van der Waals surface area contributed by atoms with Crippen molar-refractivity contribution in [3.63, 3.8) is 0 Å². The molecule has 0 unspecified atom stereocenters. The minimum absolute atomic E-state index is 0.143. The van der Waals surface area contributed by atoms with E-state index in [-0.39, 0.29) is 6.04 Å². The fraction of sp³-hybridized carbons (Fsp3) is 0.538. The summed E-state index contributed by atoms with van der Waals surface area (Å²) in [5, 5.41) is 3.29. The van der Waals surface area contributed by atoms with Gasteiger partial charge in [-0.1, -0.05) is 6.42 Å². The first-order chi connectivity index (χ1) is 8.65. The van der Waals surface area contributed by atoms with Gasteiger partial charge in [0.1, 0.15) is 0 Å². The summed E-state index contributed by atoms with van der Waals surface area (Å²) in [6.45, 7) is 0.972. The Bertz CT molecular complexity index is 550. The first-order valence-corrected chi connectivity index (χ1v) is 8.03. The van der Waals surface area contributed by atoms with Gasteiger partial charge in [0, 0.05) is 18.3 Å². The van der Waals surface area contributed by atoms with Crippen molar-refractivity contribution in [2.24, 2.45) is 0 Å². The van der Waals surface area contributed by atoms with Crippen molar-refractivity contribution in [1.82, 2.24) is 4.72 Å². The van der Waals surface area contributed by atoms with Crippen molar-refractivity contribution >= 4 is 15.7 Å². The van der Waals surface area contributed by atoms with E-state index in [0.717, 1.165) is 49.9 Å². The highest BCUT2D eigenvalue weighted by Gasteiger charge is 2.25. The molecule has 1 aliphatic heterocycles. The normalized spacial score (nSPS) is 19.8. The van der Waals surface area contributed by atoms with Crippen LogP contribution in [0.15, 0.2) is 23.1 Å². The number of rotatable bonds is 3. The zero-order valence-electron chi connectivity index (χ0n) is 10.3. The summed E-state index contributed by atoms with van der Waals surface area (Å²) >= 11 is 0. The predicted octanol–water partition coefficient (Wildman–Crippen LogP) is 1.88. The van der Waals surface area contributed by atoms with Crippen LogP contribution >= 0.6 is 0 Å². The standard InChI is InChI=1S/C13H18N2O2S/c16-18(17,15-11-4-1-5-11)12-6-7-13-10(9-12)3-2-8-14-13/h6-7,9,11,14-15H,1-5,8H2. The van der Waals surface area contributed by atoms with Crippen LogP contribution in [0.25, 0.3) is 0 Å². The van der Waals surface area contributed by atoms with Crippen molar-refractivity contribution in [1.29, 1.82) is 0 Å². The highest BCUT2D eigenvalue weighted by atomic mass is 32.2. The van der Waals surface area contributed by atoms with E-state index in [1.807, 2.05) is 12.1 Å². The molecule has 1 heterocycles. The molecule has 1 aromatic rings. The Labute approximate surface area is 108 Å². The number of hydrogen-bond acceptors (Lipinski definition) is 3. The molecule has 0 amide bonds. The second-order valence-electron chi connectivity index (χ2n) is 5.10. The first kappa shape index (κ1) is 12.0. The lowest BCUT2D eigenvalue weighted by molar-refractivity contribution is 0.383. The van der Waals surface area contributed by atoms with E-state index in [9.17, 15) is 8.42 Å². The fourth-order valence-electron chi connectivity index (χ4n) is 2.43. The highest BCUT2D eigenvalue weighted by molar-refractivity contribution is 7.89. The van der Waals surface area contributed by atoms with Crippen LogP contribution in [-0.2, 0) is 16.4 Å². The van der Waals surface area contributed by atoms with Crippen LogP contribution in [0.2, 0.25) is 0 Å². The quantitative estimate of drug-likeness (QED) is 0.878. The summed E-state index contributed by atoms with van der Waals surface area (Å²) in [5.74, 6) is 0. The summed E-state index contributed by atoms with van der Waals surface area (Å²) in [6, 6.07) is 5.52. The Morgan fingerprint density at radius 2 is 2.06 bits per heavy atom. The van der Waals surface area contributed by atoms with Gasteiger partial charge in [-0.05, 0) is 49.4 Å². The maximum absolute atomic E-state index is 12.2. The molecule has 1 aromatic carbocycles. The van der Waals surface area contributed by atoms with Crippen molar-refractivity contribution in [2.75, 3.05) is 11.9 Å². The molecule has 0 atom stereocenters. The van der Waals surface area contributed by atoms with Gasteiger partial charge in [-0.25, -0.2) is 13.1 Å². The molecule has 2 N–H and O–H groups in total. The van der Waals surface area contributed by atoms with Gasteiger partial charge in [-0.2, -0.15) is 0 Å². The van der Waals surface area contributed by atoms with Gasteiger partial charge in [-0.3, -0.25) is 0 Å². The lowest BCUT2D eigenvalue weighted by atomic mass is 9.94. The molecule has 0 radical (unpaired) electrons. The molecule has 98 valence electrons. The lowest BCUT2D eigenvalue weighted by Gasteiger charge is -2.26. The van der Waals surface area contributed by atoms with Crippen molar-refractivity contribution in [3.8, 4) is 0 Å². The van der Waals surface area contributed by atoms with Gasteiger partial charge in [0.25, 0.3) is 0 Å². The monoisotopic (exact) mass is 266 g/mol. The Hall–Kier alpha value is -1.07. The number of anilines is 1. The third-order valence-electron chi connectivity index (χ3n) is 3.75. The second-order valence-corrected chi connectivity index (χ2v) is 6.81. The average Bonchev–Trinajstić information content (AvgIpc) is 2.33. The van der Waals surface area contributed by atoms with Gasteiger partial charge >= 0.3 is 0 Å². The minimum Gasteiger partial charge on any atom is -0.385 e. The molecule has 3 rings (SSSR count). The van der Waals surface area contributed by atoms with Crippen molar-refractivity contribution in [2.45, 2.75) is 43.0 Å². The van der Waals surface area contributed by atoms with Gasteiger partial charge in [0.05, 0.1) is 4.90 Å². The summed E-state index contributed by atoms with van der Waals surface area (Å²) in [6.07, 6.45) is 5.07.